The summed E-state index contributed by atoms with van der Waals surface area (Å²) in [6.45, 7) is 9.79. The Hall–Kier alpha value is -2.19. The van der Waals surface area contributed by atoms with Crippen LogP contribution in [0.25, 0.3) is 0 Å². The molecule has 1 aromatic rings. The average Bonchev–Trinajstić information content (AvgIpc) is 2.59. The van der Waals surface area contributed by atoms with Gasteiger partial charge < -0.3 is 10.1 Å². The molecule has 5 heteroatoms. The highest BCUT2D eigenvalue weighted by molar-refractivity contribution is 8.02. The van der Waals surface area contributed by atoms with Crippen molar-refractivity contribution >= 4 is 17.7 Å². The van der Waals surface area contributed by atoms with Gasteiger partial charge in [-0.05, 0) is 44.1 Å². The van der Waals surface area contributed by atoms with Crippen LogP contribution in [-0.2, 0) is 9.53 Å². The molecule has 1 aliphatic heterocycles. The van der Waals surface area contributed by atoms with E-state index in [0.29, 0.717) is 17.1 Å². The highest BCUT2D eigenvalue weighted by Crippen LogP contribution is 2.40. The topological polar surface area (TPSA) is 62.1 Å². The number of esters is 1. The summed E-state index contributed by atoms with van der Waals surface area (Å²) in [7, 11) is 0. The third-order valence-electron chi connectivity index (χ3n) is 4.35. The third-order valence-corrected chi connectivity index (χ3v) is 5.08. The van der Waals surface area contributed by atoms with E-state index in [9.17, 15) is 10.1 Å². The second kappa shape index (κ2) is 8.46. The molecule has 0 amide bonds. The quantitative estimate of drug-likeness (QED) is 0.753. The number of carbonyl (C=O) groups excluding carboxylic acids is 1. The molecule has 0 spiro atoms. The fraction of sp³-hybridized carbons (Fsp3) is 0.429. The van der Waals surface area contributed by atoms with E-state index in [-0.39, 0.29) is 12.1 Å². The molecule has 1 heterocycles. The Kier molecular flexibility index (Phi) is 6.55. The van der Waals surface area contributed by atoms with Gasteiger partial charge in [-0.15, -0.1) is 11.8 Å². The van der Waals surface area contributed by atoms with E-state index in [2.05, 4.69) is 37.4 Å². The summed E-state index contributed by atoms with van der Waals surface area (Å²) in [6.07, 6.45) is 1.70. The van der Waals surface area contributed by atoms with Crippen molar-refractivity contribution in [1.82, 2.24) is 5.32 Å². The molecule has 1 unspecified atom stereocenters. The molecule has 1 atom stereocenters. The summed E-state index contributed by atoms with van der Waals surface area (Å²) in [5, 5.41) is 13.8. The number of benzene rings is 1. The number of carbonyl (C=O) groups is 1. The van der Waals surface area contributed by atoms with E-state index >= 15 is 0 Å². The maximum absolute atomic E-state index is 12.8. The number of nitrogens with one attached hydrogen (secondary N) is 1. The molecule has 1 N–H and O–H groups in total. The number of hydrogen-bond donors (Lipinski definition) is 1. The largest absolute Gasteiger partial charge is 0.460 e. The number of nitrogens with zero attached hydrogens (tertiary/aromatic N) is 1. The average molecular weight is 371 g/mol. The van der Waals surface area contributed by atoms with Crippen molar-refractivity contribution in [2.24, 2.45) is 0 Å². The van der Waals surface area contributed by atoms with Crippen LogP contribution in [0.3, 0.4) is 0 Å². The molecule has 0 saturated heterocycles. The number of nitriles is 1. The van der Waals surface area contributed by atoms with Gasteiger partial charge in [0.1, 0.15) is 0 Å². The Morgan fingerprint density at radius 3 is 2.31 bits per heavy atom. The van der Waals surface area contributed by atoms with Gasteiger partial charge in [0.05, 0.1) is 34.3 Å². The molecule has 1 aromatic carbocycles. The standard InChI is InChI=1S/C21H26N2O2S/c1-12(2)15-7-9-16(10-8-15)19-17(11-22)20(26-6)23-14(5)18(19)21(24)25-13(3)4/h7-10,12-13,19,23H,1-6H3. The minimum atomic E-state index is -0.420. The molecule has 1 aliphatic rings. The molecule has 0 fully saturated rings. The molecule has 2 rings (SSSR count). The molecule has 0 bridgehead atoms. The maximum Gasteiger partial charge on any atom is 0.337 e. The van der Waals surface area contributed by atoms with Crippen molar-refractivity contribution in [2.75, 3.05) is 6.26 Å². The lowest BCUT2D eigenvalue weighted by Crippen LogP contribution is -2.29. The van der Waals surface area contributed by atoms with E-state index in [1.807, 2.05) is 39.2 Å². The number of ether oxygens (including phenoxy) is 1. The van der Waals surface area contributed by atoms with Crippen molar-refractivity contribution in [3.8, 4) is 6.07 Å². The molecular formula is C21H26N2O2S. The molecule has 26 heavy (non-hydrogen) atoms. The van der Waals surface area contributed by atoms with Crippen LogP contribution in [0.2, 0.25) is 0 Å². The van der Waals surface area contributed by atoms with Crippen molar-refractivity contribution in [3.63, 3.8) is 0 Å². The van der Waals surface area contributed by atoms with Gasteiger partial charge in [-0.2, -0.15) is 5.26 Å². The van der Waals surface area contributed by atoms with Gasteiger partial charge in [0.15, 0.2) is 0 Å². The van der Waals surface area contributed by atoms with Crippen molar-refractivity contribution < 1.29 is 9.53 Å². The lowest BCUT2D eigenvalue weighted by Gasteiger charge is -2.29. The Balaban J connectivity index is 2.58. The van der Waals surface area contributed by atoms with Crippen LogP contribution in [0, 0.1) is 11.3 Å². The van der Waals surface area contributed by atoms with Crippen molar-refractivity contribution in [2.45, 2.75) is 52.6 Å². The van der Waals surface area contributed by atoms with Crippen molar-refractivity contribution in [1.29, 1.82) is 5.26 Å². The predicted octanol–water partition coefficient (Wildman–Crippen LogP) is 4.82. The minimum Gasteiger partial charge on any atom is -0.460 e. The van der Waals surface area contributed by atoms with Gasteiger partial charge in [-0.3, -0.25) is 0 Å². The summed E-state index contributed by atoms with van der Waals surface area (Å²) in [4.78, 5) is 12.8. The lowest BCUT2D eigenvalue weighted by atomic mass is 9.82. The smallest absolute Gasteiger partial charge is 0.337 e. The summed E-state index contributed by atoms with van der Waals surface area (Å²) >= 11 is 1.48. The zero-order chi connectivity index (χ0) is 19.4. The number of allylic oxidation sites excluding steroid dienone is 2. The number of rotatable bonds is 5. The molecular weight excluding hydrogens is 344 g/mol. The summed E-state index contributed by atoms with van der Waals surface area (Å²) < 4.78 is 5.46. The fourth-order valence-corrected chi connectivity index (χ4v) is 3.67. The second-order valence-electron chi connectivity index (χ2n) is 6.93. The van der Waals surface area contributed by atoms with Gasteiger partial charge in [0.25, 0.3) is 0 Å². The van der Waals surface area contributed by atoms with Gasteiger partial charge in [0, 0.05) is 5.70 Å². The Morgan fingerprint density at radius 1 is 1.23 bits per heavy atom. The van der Waals surface area contributed by atoms with Crippen LogP contribution in [0.1, 0.15) is 57.6 Å². The molecule has 0 saturated carbocycles. The fourth-order valence-electron chi connectivity index (χ4n) is 3.03. The first-order chi connectivity index (χ1) is 12.3. The molecule has 0 aromatic heterocycles. The monoisotopic (exact) mass is 370 g/mol. The zero-order valence-corrected chi connectivity index (χ0v) is 17.0. The van der Waals surface area contributed by atoms with Gasteiger partial charge in [-0.25, -0.2) is 4.79 Å². The lowest BCUT2D eigenvalue weighted by molar-refractivity contribution is -0.143. The number of dihydropyridines is 1. The summed E-state index contributed by atoms with van der Waals surface area (Å²) in [5.41, 5.74) is 3.94. The van der Waals surface area contributed by atoms with Crippen LogP contribution in [-0.4, -0.2) is 18.3 Å². The maximum atomic E-state index is 12.8. The summed E-state index contributed by atoms with van der Waals surface area (Å²) in [6, 6.07) is 10.5. The highest BCUT2D eigenvalue weighted by Gasteiger charge is 2.35. The molecule has 0 radical (unpaired) electrons. The SMILES string of the molecule is CSC1=C(C#N)C(c2ccc(C(C)C)cc2)C(C(=O)OC(C)C)=C(C)N1. The molecule has 4 nitrogen and oxygen atoms in total. The Morgan fingerprint density at radius 2 is 1.85 bits per heavy atom. The van der Waals surface area contributed by atoms with E-state index in [4.69, 9.17) is 4.74 Å². The van der Waals surface area contributed by atoms with Crippen LogP contribution in [0.15, 0.2) is 46.1 Å². The second-order valence-corrected chi connectivity index (χ2v) is 7.75. The minimum absolute atomic E-state index is 0.219. The number of hydrogen-bond acceptors (Lipinski definition) is 5. The van der Waals surface area contributed by atoms with E-state index in [1.165, 1.54) is 17.3 Å². The van der Waals surface area contributed by atoms with Crippen LogP contribution in [0.5, 0.6) is 0 Å². The van der Waals surface area contributed by atoms with Crippen LogP contribution in [0.4, 0.5) is 0 Å². The molecule has 0 aliphatic carbocycles. The predicted molar refractivity (Wildman–Crippen MR) is 106 cm³/mol. The summed E-state index contributed by atoms with van der Waals surface area (Å²) in [5.74, 6) is -0.375. The Labute approximate surface area is 160 Å². The van der Waals surface area contributed by atoms with Crippen LogP contribution >= 0.6 is 11.8 Å². The first-order valence-electron chi connectivity index (χ1n) is 8.77. The first kappa shape index (κ1) is 20.1. The van der Waals surface area contributed by atoms with Crippen molar-refractivity contribution in [3.05, 3.63) is 57.3 Å². The third kappa shape index (κ3) is 4.13. The van der Waals surface area contributed by atoms with Crippen LogP contribution < -0.4 is 5.32 Å². The van der Waals surface area contributed by atoms with E-state index in [0.717, 1.165) is 16.3 Å². The highest BCUT2D eigenvalue weighted by atomic mass is 32.2. The molecule has 138 valence electrons. The Bertz CT molecular complexity index is 783. The van der Waals surface area contributed by atoms with Gasteiger partial charge >= 0.3 is 5.97 Å². The van der Waals surface area contributed by atoms with E-state index < -0.39 is 5.92 Å². The first-order valence-corrected chi connectivity index (χ1v) is 9.99. The van der Waals surface area contributed by atoms with Gasteiger partial charge in [0.2, 0.25) is 0 Å². The van der Waals surface area contributed by atoms with Gasteiger partial charge in [-0.1, -0.05) is 38.1 Å². The zero-order valence-electron chi connectivity index (χ0n) is 16.2. The normalized spacial score (nSPS) is 17.4. The van der Waals surface area contributed by atoms with E-state index in [1.54, 1.807) is 0 Å². The number of thioether (sulfide) groups is 1.